The van der Waals surface area contributed by atoms with Gasteiger partial charge in [0, 0.05) is 5.69 Å². The van der Waals surface area contributed by atoms with Gasteiger partial charge in [-0.3, -0.25) is 15.0 Å². The molecule has 1 aromatic rings. The quantitative estimate of drug-likeness (QED) is 0.425. The average Bonchev–Trinajstić information content (AvgIpc) is 2.47. The molecule has 0 aromatic heterocycles. The van der Waals surface area contributed by atoms with Gasteiger partial charge in [-0.15, -0.1) is 0 Å². The molecule has 4 nitrogen and oxygen atoms in total. The Morgan fingerprint density at radius 3 is 2.29 bits per heavy atom. The number of carbonyl (C=O) groups is 2. The number of nitrogens with zero attached hydrogens (tertiary/aromatic N) is 1. The van der Waals surface area contributed by atoms with Crippen LogP contribution in [0.1, 0.15) is 0 Å². The summed E-state index contributed by atoms with van der Waals surface area (Å²) in [6.07, 6.45) is 0. The first-order valence-corrected chi connectivity index (χ1v) is 3.94. The first kappa shape index (κ1) is 11.9. The van der Waals surface area contributed by atoms with Gasteiger partial charge in [0.15, 0.2) is 0 Å². The maximum Gasteiger partial charge on any atom is 1.00 e. The number of imide groups is 1. The van der Waals surface area contributed by atoms with E-state index in [0.717, 1.165) is 5.69 Å². The molecule has 1 aliphatic rings. The molecule has 2 rings (SSSR count). The molecule has 1 fully saturated rings. The topological polar surface area (TPSA) is 49.4 Å². The zero-order chi connectivity index (χ0) is 9.26. The second kappa shape index (κ2) is 5.04. The standard InChI is InChI=1S/C9H8N2O2.K/c12-8-6-11(9(13)10-8)7-4-2-1-3-5-7;/h1-5H,6H2,(H,10,12,13);/q;+1. The van der Waals surface area contributed by atoms with Gasteiger partial charge in [0.05, 0.1) is 0 Å². The first-order chi connectivity index (χ1) is 6.27. The van der Waals surface area contributed by atoms with E-state index in [2.05, 4.69) is 5.32 Å². The molecule has 1 N–H and O–H groups in total. The number of amides is 3. The van der Waals surface area contributed by atoms with E-state index in [1.54, 1.807) is 12.1 Å². The molecular formula is C9H8KN2O2+. The molecular weight excluding hydrogens is 207 g/mol. The zero-order valence-electron chi connectivity index (χ0n) is 7.86. The Kier molecular flexibility index (Phi) is 4.27. The van der Waals surface area contributed by atoms with Gasteiger partial charge in [-0.25, -0.2) is 4.79 Å². The molecule has 0 atom stereocenters. The van der Waals surface area contributed by atoms with E-state index in [-0.39, 0.29) is 69.9 Å². The summed E-state index contributed by atoms with van der Waals surface area (Å²) in [5.41, 5.74) is 0.742. The molecule has 0 saturated carbocycles. The van der Waals surface area contributed by atoms with Crippen LogP contribution >= 0.6 is 0 Å². The predicted molar refractivity (Wildman–Crippen MR) is 47.3 cm³/mol. The van der Waals surface area contributed by atoms with Crippen LogP contribution in [0.3, 0.4) is 0 Å². The number of rotatable bonds is 1. The van der Waals surface area contributed by atoms with E-state index >= 15 is 0 Å². The summed E-state index contributed by atoms with van der Waals surface area (Å²) in [6, 6.07) is 8.74. The summed E-state index contributed by atoms with van der Waals surface area (Å²) in [6.45, 7) is 0.114. The summed E-state index contributed by atoms with van der Waals surface area (Å²) >= 11 is 0. The number of nitrogens with one attached hydrogen (secondary N) is 1. The first-order valence-electron chi connectivity index (χ1n) is 3.94. The Hall–Kier alpha value is -0.204. The van der Waals surface area contributed by atoms with E-state index in [4.69, 9.17) is 0 Å². The molecule has 66 valence electrons. The van der Waals surface area contributed by atoms with Crippen molar-refractivity contribution in [2.24, 2.45) is 0 Å². The monoisotopic (exact) mass is 215 g/mol. The van der Waals surface area contributed by atoms with Crippen LogP contribution in [-0.2, 0) is 4.79 Å². The third-order valence-corrected chi connectivity index (χ3v) is 1.86. The molecule has 0 aliphatic carbocycles. The van der Waals surface area contributed by atoms with Crippen molar-refractivity contribution >= 4 is 17.6 Å². The van der Waals surface area contributed by atoms with Crippen molar-refractivity contribution in [1.82, 2.24) is 5.32 Å². The second-order valence-electron chi connectivity index (χ2n) is 2.78. The minimum Gasteiger partial charge on any atom is -0.285 e. The minimum atomic E-state index is -0.351. The molecule has 1 aromatic carbocycles. The molecule has 0 unspecified atom stereocenters. The van der Waals surface area contributed by atoms with Gasteiger partial charge in [0.2, 0.25) is 5.91 Å². The van der Waals surface area contributed by atoms with Gasteiger partial charge in [-0.05, 0) is 12.1 Å². The van der Waals surface area contributed by atoms with Crippen molar-refractivity contribution in [3.05, 3.63) is 30.3 Å². The van der Waals surface area contributed by atoms with E-state index in [1.165, 1.54) is 4.90 Å². The van der Waals surface area contributed by atoms with Crippen molar-refractivity contribution in [2.75, 3.05) is 11.4 Å². The molecule has 3 amide bonds. The van der Waals surface area contributed by atoms with Crippen molar-refractivity contribution in [2.45, 2.75) is 0 Å². The van der Waals surface area contributed by atoms with Gasteiger partial charge in [-0.1, -0.05) is 18.2 Å². The van der Waals surface area contributed by atoms with Crippen LogP contribution in [0.25, 0.3) is 0 Å². The van der Waals surface area contributed by atoms with E-state index in [0.29, 0.717) is 0 Å². The second-order valence-corrected chi connectivity index (χ2v) is 2.78. The summed E-state index contributed by atoms with van der Waals surface area (Å²) in [5, 5.41) is 2.21. The van der Waals surface area contributed by atoms with Gasteiger partial charge in [0.1, 0.15) is 6.54 Å². The molecule has 1 aliphatic heterocycles. The van der Waals surface area contributed by atoms with E-state index in [9.17, 15) is 9.59 Å². The van der Waals surface area contributed by atoms with Crippen LogP contribution in [0, 0.1) is 0 Å². The van der Waals surface area contributed by atoms with Gasteiger partial charge < -0.3 is 0 Å². The largest absolute Gasteiger partial charge is 1.00 e. The van der Waals surface area contributed by atoms with Gasteiger partial charge in [0.25, 0.3) is 0 Å². The maximum atomic E-state index is 11.2. The summed E-state index contributed by atoms with van der Waals surface area (Å²) in [7, 11) is 0. The summed E-state index contributed by atoms with van der Waals surface area (Å²) in [5.74, 6) is -0.256. The Bertz CT molecular complexity index is 353. The Balaban J connectivity index is 0.000000980. The normalized spacial score (nSPS) is 15.0. The third kappa shape index (κ3) is 2.43. The van der Waals surface area contributed by atoms with Gasteiger partial charge >= 0.3 is 57.4 Å². The Morgan fingerprint density at radius 2 is 1.79 bits per heavy atom. The van der Waals surface area contributed by atoms with E-state index in [1.807, 2.05) is 18.2 Å². The summed E-state index contributed by atoms with van der Waals surface area (Å²) in [4.78, 5) is 23.4. The molecule has 1 saturated heterocycles. The van der Waals surface area contributed by atoms with Crippen LogP contribution in [0.2, 0.25) is 0 Å². The van der Waals surface area contributed by atoms with E-state index < -0.39 is 0 Å². The fourth-order valence-corrected chi connectivity index (χ4v) is 1.26. The molecule has 0 bridgehead atoms. The number of urea groups is 1. The van der Waals surface area contributed by atoms with Crippen LogP contribution in [-0.4, -0.2) is 18.5 Å². The Labute approximate surface area is 124 Å². The molecule has 0 radical (unpaired) electrons. The zero-order valence-corrected chi connectivity index (χ0v) is 11.0. The third-order valence-electron chi connectivity index (χ3n) is 1.86. The number of anilines is 1. The van der Waals surface area contributed by atoms with Crippen LogP contribution in [0.5, 0.6) is 0 Å². The minimum absolute atomic E-state index is 0. The number of hydrogen-bond donors (Lipinski definition) is 1. The van der Waals surface area contributed by atoms with Crippen molar-refractivity contribution < 1.29 is 61.0 Å². The summed E-state index contributed by atoms with van der Waals surface area (Å²) < 4.78 is 0. The Morgan fingerprint density at radius 1 is 1.14 bits per heavy atom. The molecule has 0 spiro atoms. The maximum absolute atomic E-state index is 11.2. The van der Waals surface area contributed by atoms with Crippen molar-refractivity contribution in [3.8, 4) is 0 Å². The average molecular weight is 215 g/mol. The number of para-hydroxylation sites is 1. The smallest absolute Gasteiger partial charge is 0.285 e. The number of carbonyl (C=O) groups excluding carboxylic acids is 2. The number of hydrogen-bond acceptors (Lipinski definition) is 2. The molecule has 14 heavy (non-hydrogen) atoms. The molecule has 5 heteroatoms. The van der Waals surface area contributed by atoms with Crippen LogP contribution in [0.15, 0.2) is 30.3 Å². The number of benzene rings is 1. The van der Waals surface area contributed by atoms with Crippen LogP contribution < -0.4 is 61.6 Å². The fraction of sp³-hybridized carbons (Fsp3) is 0.111. The molecule has 1 heterocycles. The van der Waals surface area contributed by atoms with Crippen LogP contribution in [0.4, 0.5) is 10.5 Å². The van der Waals surface area contributed by atoms with Crippen molar-refractivity contribution in [3.63, 3.8) is 0 Å². The predicted octanol–water partition coefficient (Wildman–Crippen LogP) is -2.25. The van der Waals surface area contributed by atoms with Crippen molar-refractivity contribution in [1.29, 1.82) is 0 Å². The SMILES string of the molecule is O=C1CN(c2ccccc2)C(=O)N1.[K+]. The van der Waals surface area contributed by atoms with Gasteiger partial charge in [-0.2, -0.15) is 0 Å². The fourth-order valence-electron chi connectivity index (χ4n) is 1.26.